The number of fused-ring (bicyclic) bond motifs is 1. The van der Waals surface area contributed by atoms with Crippen molar-refractivity contribution in [3.8, 4) is 11.5 Å². The van der Waals surface area contributed by atoms with Crippen molar-refractivity contribution in [1.29, 1.82) is 0 Å². The number of ether oxygens (including phenoxy) is 2. The molecule has 3 aromatic rings. The lowest BCUT2D eigenvalue weighted by molar-refractivity contribution is -0.140. The molecule has 9 nitrogen and oxygen atoms in total. The van der Waals surface area contributed by atoms with Gasteiger partial charge in [0.25, 0.3) is 0 Å². The number of nitrogens with one attached hydrogen (secondary N) is 1. The van der Waals surface area contributed by atoms with Crippen molar-refractivity contribution in [2.45, 2.75) is 52.2 Å². The first-order valence-electron chi connectivity index (χ1n) is 14.1. The van der Waals surface area contributed by atoms with Crippen LogP contribution in [0.3, 0.4) is 0 Å². The van der Waals surface area contributed by atoms with E-state index < -0.39 is 28.5 Å². The van der Waals surface area contributed by atoms with Gasteiger partial charge < -0.3 is 19.7 Å². The molecule has 4 rings (SSSR count). The topological polar surface area (TPSA) is 105 Å². The van der Waals surface area contributed by atoms with Crippen LogP contribution in [0, 0.1) is 6.92 Å². The quantitative estimate of drug-likeness (QED) is 0.339. The van der Waals surface area contributed by atoms with Crippen LogP contribution in [0.4, 0.5) is 5.69 Å². The zero-order chi connectivity index (χ0) is 30.3. The third-order valence-electron chi connectivity index (χ3n) is 7.20. The summed E-state index contributed by atoms with van der Waals surface area (Å²) in [6.45, 7) is 6.22. The smallest absolute Gasteiger partial charge is 0.244 e. The number of hydrogen-bond acceptors (Lipinski definition) is 6. The maximum atomic E-state index is 14.2. The van der Waals surface area contributed by atoms with E-state index in [0.29, 0.717) is 24.7 Å². The number of amides is 2. The van der Waals surface area contributed by atoms with Gasteiger partial charge in [-0.3, -0.25) is 13.9 Å². The summed E-state index contributed by atoms with van der Waals surface area (Å²) >= 11 is 0. The van der Waals surface area contributed by atoms with Crippen LogP contribution in [0.2, 0.25) is 0 Å². The fraction of sp³-hybridized carbons (Fsp3) is 0.375. The molecule has 3 aromatic carbocycles. The number of carbonyl (C=O) groups is 2. The molecule has 2 atom stereocenters. The number of benzene rings is 3. The van der Waals surface area contributed by atoms with Crippen LogP contribution in [0.25, 0.3) is 0 Å². The van der Waals surface area contributed by atoms with Crippen LogP contribution in [0.5, 0.6) is 11.5 Å². The number of sulfonamides is 1. The Kier molecular flexibility index (Phi) is 10.1. The number of anilines is 1. The summed E-state index contributed by atoms with van der Waals surface area (Å²) in [6.07, 6.45) is 2.05. The third-order valence-corrected chi connectivity index (χ3v) is 8.34. The summed E-state index contributed by atoms with van der Waals surface area (Å²) in [5.74, 6) is 0.123. The van der Waals surface area contributed by atoms with E-state index in [9.17, 15) is 18.0 Å². The Hall–Kier alpha value is -4.05. The van der Waals surface area contributed by atoms with E-state index >= 15 is 0 Å². The molecule has 10 heteroatoms. The van der Waals surface area contributed by atoms with Crippen LogP contribution in [0.15, 0.2) is 72.8 Å². The van der Waals surface area contributed by atoms with Gasteiger partial charge in [-0.2, -0.15) is 0 Å². The van der Waals surface area contributed by atoms with Gasteiger partial charge in [-0.25, -0.2) is 8.42 Å². The van der Waals surface area contributed by atoms with Gasteiger partial charge in [0, 0.05) is 25.1 Å². The molecule has 1 aliphatic rings. The van der Waals surface area contributed by atoms with Crippen LogP contribution in [-0.2, 0) is 32.6 Å². The molecule has 0 unspecified atom stereocenters. The molecule has 0 saturated carbocycles. The van der Waals surface area contributed by atoms with Crippen molar-refractivity contribution < 1.29 is 27.5 Å². The van der Waals surface area contributed by atoms with Gasteiger partial charge in [-0.15, -0.1) is 0 Å². The largest absolute Gasteiger partial charge is 0.486 e. The maximum Gasteiger partial charge on any atom is 0.244 e. The van der Waals surface area contributed by atoms with Crippen molar-refractivity contribution in [3.05, 3.63) is 89.5 Å². The van der Waals surface area contributed by atoms with Crippen molar-refractivity contribution in [2.24, 2.45) is 0 Å². The molecule has 0 bridgehead atoms. The fourth-order valence-corrected chi connectivity index (χ4v) is 5.64. The number of carbonyl (C=O) groups excluding carboxylic acids is 2. The number of rotatable bonds is 12. The lowest BCUT2D eigenvalue weighted by Crippen LogP contribution is -2.54. The fourth-order valence-electron chi connectivity index (χ4n) is 4.80. The first kappa shape index (κ1) is 30.9. The Morgan fingerprint density at radius 3 is 2.29 bits per heavy atom. The van der Waals surface area contributed by atoms with Gasteiger partial charge in [0.1, 0.15) is 25.8 Å². The van der Waals surface area contributed by atoms with E-state index in [1.807, 2.05) is 75.4 Å². The molecule has 1 aliphatic heterocycles. The standard InChI is InChI=1S/C32H39N3O6S/c1-5-24(3)33-32(37)28(19-25-11-7-6-8-12-25)34(21-26-13-9-10-23(2)18-26)31(36)22-35(42(4,38)39)27-14-15-29-30(20-27)41-17-16-40-29/h6-15,18,20,24,28H,5,16-17,19,21-22H2,1-4H3,(H,33,37)/t24-,28+/m0/s1. The van der Waals surface area contributed by atoms with Crippen molar-refractivity contribution in [3.63, 3.8) is 0 Å². The first-order chi connectivity index (χ1) is 20.0. The van der Waals surface area contributed by atoms with Gasteiger partial charge in [0.05, 0.1) is 11.9 Å². The molecule has 42 heavy (non-hydrogen) atoms. The highest BCUT2D eigenvalue weighted by Crippen LogP contribution is 2.34. The molecule has 0 radical (unpaired) electrons. The second kappa shape index (κ2) is 13.7. The van der Waals surface area contributed by atoms with Gasteiger partial charge in [0.15, 0.2) is 11.5 Å². The SMILES string of the molecule is CC[C@H](C)NC(=O)[C@@H](Cc1ccccc1)N(Cc1cccc(C)c1)C(=O)CN(c1ccc2c(c1)OCCO2)S(C)(=O)=O. The van der Waals surface area contributed by atoms with Gasteiger partial charge in [-0.05, 0) is 43.5 Å². The molecule has 1 heterocycles. The summed E-state index contributed by atoms with van der Waals surface area (Å²) in [5, 5.41) is 3.04. The highest BCUT2D eigenvalue weighted by Gasteiger charge is 2.33. The first-order valence-corrected chi connectivity index (χ1v) is 16.0. The summed E-state index contributed by atoms with van der Waals surface area (Å²) in [7, 11) is -3.89. The van der Waals surface area contributed by atoms with Crippen LogP contribution < -0.4 is 19.1 Å². The Bertz CT molecular complexity index is 1500. The van der Waals surface area contributed by atoms with Crippen molar-refractivity contribution in [2.75, 3.05) is 30.3 Å². The second-order valence-electron chi connectivity index (χ2n) is 10.6. The van der Waals surface area contributed by atoms with E-state index in [4.69, 9.17) is 9.47 Å². The zero-order valence-corrected chi connectivity index (χ0v) is 25.4. The monoisotopic (exact) mass is 593 g/mol. The summed E-state index contributed by atoms with van der Waals surface area (Å²) in [6, 6.07) is 21.0. The summed E-state index contributed by atoms with van der Waals surface area (Å²) in [4.78, 5) is 29.5. The van der Waals surface area contributed by atoms with Crippen LogP contribution in [0.1, 0.15) is 37.0 Å². The molecule has 0 spiro atoms. The predicted molar refractivity (Wildman–Crippen MR) is 163 cm³/mol. The minimum atomic E-state index is -3.89. The Morgan fingerprint density at radius 1 is 0.929 bits per heavy atom. The number of hydrogen-bond donors (Lipinski definition) is 1. The van der Waals surface area contributed by atoms with Crippen molar-refractivity contribution >= 4 is 27.5 Å². The van der Waals surface area contributed by atoms with E-state index in [1.54, 1.807) is 18.2 Å². The van der Waals surface area contributed by atoms with E-state index in [0.717, 1.165) is 33.7 Å². The average Bonchev–Trinajstić information content (AvgIpc) is 2.97. The lowest BCUT2D eigenvalue weighted by atomic mass is 10.0. The van der Waals surface area contributed by atoms with Gasteiger partial charge in [-0.1, -0.05) is 67.1 Å². The molecule has 0 saturated heterocycles. The number of aryl methyl sites for hydroxylation is 1. The number of nitrogens with zero attached hydrogens (tertiary/aromatic N) is 2. The highest BCUT2D eigenvalue weighted by atomic mass is 32.2. The molecule has 1 N–H and O–H groups in total. The highest BCUT2D eigenvalue weighted by molar-refractivity contribution is 7.92. The average molecular weight is 594 g/mol. The molecular formula is C32H39N3O6S. The third kappa shape index (κ3) is 8.03. The normalized spacial score (nSPS) is 14.0. The molecule has 2 amide bonds. The maximum absolute atomic E-state index is 14.2. The second-order valence-corrected chi connectivity index (χ2v) is 12.5. The van der Waals surface area contributed by atoms with E-state index in [1.165, 1.54) is 4.90 Å². The molecule has 0 aliphatic carbocycles. The molecule has 0 fully saturated rings. The van der Waals surface area contributed by atoms with E-state index in [-0.39, 0.29) is 30.6 Å². The lowest BCUT2D eigenvalue weighted by Gasteiger charge is -2.34. The van der Waals surface area contributed by atoms with Gasteiger partial charge in [0.2, 0.25) is 21.8 Å². The Balaban J connectivity index is 1.73. The van der Waals surface area contributed by atoms with Crippen LogP contribution in [-0.4, -0.2) is 63.2 Å². The predicted octanol–water partition coefficient (Wildman–Crippen LogP) is 4.09. The zero-order valence-electron chi connectivity index (χ0n) is 24.6. The molecule has 224 valence electrons. The van der Waals surface area contributed by atoms with E-state index in [2.05, 4.69) is 5.32 Å². The minimum Gasteiger partial charge on any atom is -0.486 e. The molecular weight excluding hydrogens is 554 g/mol. The summed E-state index contributed by atoms with van der Waals surface area (Å²) < 4.78 is 38.4. The summed E-state index contributed by atoms with van der Waals surface area (Å²) in [5.41, 5.74) is 3.01. The van der Waals surface area contributed by atoms with Crippen LogP contribution >= 0.6 is 0 Å². The Labute approximate surface area is 248 Å². The molecule has 0 aromatic heterocycles. The van der Waals surface area contributed by atoms with Crippen molar-refractivity contribution in [1.82, 2.24) is 10.2 Å². The Morgan fingerprint density at radius 2 is 1.62 bits per heavy atom. The van der Waals surface area contributed by atoms with Gasteiger partial charge >= 0.3 is 0 Å². The minimum absolute atomic E-state index is 0.100.